The highest BCUT2D eigenvalue weighted by molar-refractivity contribution is 6.33. The lowest BCUT2D eigenvalue weighted by Gasteiger charge is -2.30. The number of alkyl halides is 2. The second kappa shape index (κ2) is 11.6. The predicted octanol–water partition coefficient (Wildman–Crippen LogP) is 6.54. The first-order valence-electron chi connectivity index (χ1n) is 14.3. The average Bonchev–Trinajstić information content (AvgIpc) is 3.63. The number of unbranched alkanes of at least 4 members (excludes halogenated alkanes) is 1. The molecule has 6 rings (SSSR count). The fraction of sp³-hybridized carbons (Fsp3) is 0.500. The monoisotopic (exact) mass is 620 g/mol. The van der Waals surface area contributed by atoms with E-state index in [-0.39, 0.29) is 50.1 Å². The van der Waals surface area contributed by atoms with Gasteiger partial charge in [-0.2, -0.15) is 0 Å². The van der Waals surface area contributed by atoms with Crippen molar-refractivity contribution < 1.29 is 36.9 Å². The molecule has 9 nitrogen and oxygen atoms in total. The number of carbonyl (C=O) groups excluding carboxylic acids is 1. The number of rotatable bonds is 8. The lowest BCUT2D eigenvalue weighted by Crippen LogP contribution is -2.37. The Morgan fingerprint density at radius 1 is 1.26 bits per heavy atom. The van der Waals surface area contributed by atoms with Crippen LogP contribution in [-0.2, 0) is 27.2 Å². The van der Waals surface area contributed by atoms with Crippen molar-refractivity contribution in [1.29, 1.82) is 0 Å². The molecule has 3 atom stereocenters. The summed E-state index contributed by atoms with van der Waals surface area (Å²) in [5, 5.41) is 1.01. The Morgan fingerprint density at radius 3 is 2.84 bits per heavy atom. The van der Waals surface area contributed by atoms with Crippen LogP contribution in [0.3, 0.4) is 0 Å². The molecule has 1 amide bonds. The zero-order valence-corrected chi connectivity index (χ0v) is 24.7. The topological polar surface area (TPSA) is 87.9 Å². The lowest BCUT2D eigenvalue weighted by molar-refractivity contribution is -0.148. The van der Waals surface area contributed by atoms with Gasteiger partial charge in [-0.1, -0.05) is 31.0 Å². The van der Waals surface area contributed by atoms with E-state index >= 15 is 4.39 Å². The molecule has 3 aromatic rings. The maximum atomic E-state index is 15.2. The summed E-state index contributed by atoms with van der Waals surface area (Å²) in [6, 6.07) is 2.52. The van der Waals surface area contributed by atoms with Crippen LogP contribution in [0.25, 0.3) is 11.0 Å². The van der Waals surface area contributed by atoms with Gasteiger partial charge in [-0.25, -0.2) is 27.9 Å². The number of ether oxygens (including phenoxy) is 4. The number of fused-ring (bicyclic) bond motifs is 3. The zero-order valence-electron chi connectivity index (χ0n) is 24.0. The van der Waals surface area contributed by atoms with Crippen molar-refractivity contribution in [2.45, 2.75) is 77.0 Å². The molecule has 0 spiro atoms. The SMILES string of the molecule is CCCCOC(=O)N1CCc2c(F)c(C(F)F)cc(OCC3=C[C@@H](n4ccc5c(Cl)ncnc54)[C@@H]4OC(C)(C)O[C@H]34)c2C1. The molecule has 1 fully saturated rings. The first-order valence-corrected chi connectivity index (χ1v) is 14.7. The molecular formula is C30H32ClF3N4O5. The Hall–Kier alpha value is -3.35. The molecule has 2 aromatic heterocycles. The van der Waals surface area contributed by atoms with Gasteiger partial charge in [0, 0.05) is 18.3 Å². The third-order valence-electron chi connectivity index (χ3n) is 8.06. The third kappa shape index (κ3) is 5.56. The highest BCUT2D eigenvalue weighted by Gasteiger charge is 2.51. The summed E-state index contributed by atoms with van der Waals surface area (Å²) >= 11 is 6.28. The fourth-order valence-corrected chi connectivity index (χ4v) is 6.17. The van der Waals surface area contributed by atoms with Crippen molar-refractivity contribution in [1.82, 2.24) is 19.4 Å². The van der Waals surface area contributed by atoms with Crippen LogP contribution in [0.4, 0.5) is 18.0 Å². The van der Waals surface area contributed by atoms with Gasteiger partial charge in [-0.05, 0) is 50.0 Å². The third-order valence-corrected chi connectivity index (χ3v) is 8.36. The van der Waals surface area contributed by atoms with Crippen LogP contribution < -0.4 is 4.74 Å². The van der Waals surface area contributed by atoms with Crippen LogP contribution in [-0.4, -0.2) is 63.3 Å². The van der Waals surface area contributed by atoms with E-state index in [2.05, 4.69) is 9.97 Å². The highest BCUT2D eigenvalue weighted by Crippen LogP contribution is 2.45. The van der Waals surface area contributed by atoms with Crippen molar-refractivity contribution >= 4 is 28.7 Å². The number of amides is 1. The van der Waals surface area contributed by atoms with Crippen molar-refractivity contribution in [3.8, 4) is 5.75 Å². The van der Waals surface area contributed by atoms with E-state index in [1.807, 2.05) is 43.7 Å². The van der Waals surface area contributed by atoms with Gasteiger partial charge in [0.1, 0.15) is 47.5 Å². The smallest absolute Gasteiger partial charge is 0.410 e. The molecule has 3 aliphatic rings. The Morgan fingerprint density at radius 2 is 2.07 bits per heavy atom. The molecule has 13 heteroatoms. The van der Waals surface area contributed by atoms with Gasteiger partial charge in [-0.3, -0.25) is 0 Å². The van der Waals surface area contributed by atoms with Gasteiger partial charge in [0.2, 0.25) is 0 Å². The molecule has 1 aromatic carbocycles. The summed E-state index contributed by atoms with van der Waals surface area (Å²) in [5.41, 5.74) is 1.08. The van der Waals surface area contributed by atoms with Gasteiger partial charge >= 0.3 is 6.09 Å². The number of halogens is 4. The molecule has 0 N–H and O–H groups in total. The molecule has 1 saturated heterocycles. The standard InChI is InChI=1S/C30H32ClF3N4O5/c1-4-5-10-40-29(39)37-8-6-17-20(13-37)22(12-19(23(17)32)27(33)34)41-14-16-11-21(25-24(16)42-30(2,3)43-25)38-9-7-18-26(31)35-15-36-28(18)38/h7,9,11-12,15,21,24-25,27H,4-6,8,10,13-14H2,1-3H3/t21-,24-,25+/m1/s1. The fourth-order valence-electron chi connectivity index (χ4n) is 5.98. The van der Waals surface area contributed by atoms with Crippen LogP contribution >= 0.6 is 11.6 Å². The number of hydrogen-bond acceptors (Lipinski definition) is 7. The summed E-state index contributed by atoms with van der Waals surface area (Å²) in [7, 11) is 0. The maximum absolute atomic E-state index is 15.2. The van der Waals surface area contributed by atoms with Crippen molar-refractivity contribution in [3.63, 3.8) is 0 Å². The minimum absolute atomic E-state index is 0.0216. The van der Waals surface area contributed by atoms with Crippen molar-refractivity contribution in [2.24, 2.45) is 0 Å². The van der Waals surface area contributed by atoms with E-state index in [0.29, 0.717) is 21.7 Å². The van der Waals surface area contributed by atoms with Crippen molar-refractivity contribution in [2.75, 3.05) is 19.8 Å². The van der Waals surface area contributed by atoms with E-state index in [9.17, 15) is 13.6 Å². The van der Waals surface area contributed by atoms with Crippen LogP contribution in [0, 0.1) is 5.82 Å². The number of aromatic nitrogens is 3. The lowest BCUT2D eigenvalue weighted by atomic mass is 9.95. The molecule has 43 heavy (non-hydrogen) atoms. The Labute approximate surface area is 251 Å². The second-order valence-electron chi connectivity index (χ2n) is 11.3. The van der Waals surface area contributed by atoms with Gasteiger partial charge in [0.15, 0.2) is 5.79 Å². The molecule has 0 bridgehead atoms. The molecule has 0 saturated carbocycles. The molecule has 4 heterocycles. The largest absolute Gasteiger partial charge is 0.489 e. The molecular weight excluding hydrogens is 589 g/mol. The summed E-state index contributed by atoms with van der Waals surface area (Å²) in [4.78, 5) is 22.5. The van der Waals surface area contributed by atoms with E-state index in [1.165, 1.54) is 11.2 Å². The van der Waals surface area contributed by atoms with Gasteiger partial charge in [0.05, 0.1) is 30.1 Å². The van der Waals surface area contributed by atoms with Crippen molar-refractivity contribution in [3.05, 3.63) is 64.0 Å². The summed E-state index contributed by atoms with van der Waals surface area (Å²) in [6.45, 7) is 5.97. The Balaban J connectivity index is 1.30. The Kier molecular flexibility index (Phi) is 8.03. The number of hydrogen-bond donors (Lipinski definition) is 0. The minimum atomic E-state index is -3.03. The average molecular weight is 621 g/mol. The molecule has 2 aliphatic heterocycles. The van der Waals surface area contributed by atoms with Crippen LogP contribution in [0.5, 0.6) is 5.75 Å². The Bertz CT molecular complexity index is 1580. The maximum Gasteiger partial charge on any atom is 0.410 e. The normalized spacial score (nSPS) is 22.6. The van der Waals surface area contributed by atoms with Gasteiger partial charge in [0.25, 0.3) is 6.43 Å². The van der Waals surface area contributed by atoms with E-state index in [0.717, 1.165) is 24.5 Å². The van der Waals surface area contributed by atoms with Crippen LogP contribution in [0.2, 0.25) is 5.15 Å². The predicted molar refractivity (Wildman–Crippen MR) is 151 cm³/mol. The first-order chi connectivity index (χ1) is 20.6. The van der Waals surface area contributed by atoms with Gasteiger partial charge in [-0.15, -0.1) is 0 Å². The summed E-state index contributed by atoms with van der Waals surface area (Å²) in [6.07, 6.45) is 2.34. The number of benzene rings is 1. The van der Waals surface area contributed by atoms with E-state index < -0.39 is 41.9 Å². The first kappa shape index (κ1) is 29.7. The highest BCUT2D eigenvalue weighted by atomic mass is 35.5. The van der Waals surface area contributed by atoms with Gasteiger partial charge < -0.3 is 28.4 Å². The van der Waals surface area contributed by atoms with E-state index in [1.54, 1.807) is 0 Å². The minimum Gasteiger partial charge on any atom is -0.489 e. The second-order valence-corrected chi connectivity index (χ2v) is 11.7. The molecule has 0 unspecified atom stereocenters. The molecule has 1 aliphatic carbocycles. The number of nitrogens with zero attached hydrogens (tertiary/aromatic N) is 4. The van der Waals surface area contributed by atoms with Crippen LogP contribution in [0.15, 0.2) is 36.3 Å². The zero-order chi connectivity index (χ0) is 30.5. The summed E-state index contributed by atoms with van der Waals surface area (Å²) < 4.78 is 68.9. The molecule has 0 radical (unpaired) electrons. The quantitative estimate of drug-likeness (QED) is 0.161. The van der Waals surface area contributed by atoms with E-state index in [4.69, 9.17) is 30.5 Å². The summed E-state index contributed by atoms with van der Waals surface area (Å²) in [5.74, 6) is -1.77. The number of carbonyl (C=O) groups is 1. The van der Waals surface area contributed by atoms with Crippen LogP contribution in [0.1, 0.15) is 62.8 Å². The molecule has 230 valence electrons.